The highest BCUT2D eigenvalue weighted by atomic mass is 32.2. The van der Waals surface area contributed by atoms with Gasteiger partial charge in [0.05, 0.1) is 23.2 Å². The van der Waals surface area contributed by atoms with Gasteiger partial charge in [-0.3, -0.25) is 0 Å². The minimum atomic E-state index is -0.459. The molecule has 1 aromatic heterocycles. The molecule has 1 aromatic carbocycles. The number of rotatable bonds is 5. The Kier molecular flexibility index (Phi) is 3.28. The van der Waals surface area contributed by atoms with E-state index in [1.165, 1.54) is 5.56 Å². The zero-order chi connectivity index (χ0) is 13.5. The quantitative estimate of drug-likeness (QED) is 0.731. The van der Waals surface area contributed by atoms with Gasteiger partial charge in [-0.1, -0.05) is 17.8 Å². The summed E-state index contributed by atoms with van der Waals surface area (Å²) in [7, 11) is 0. The van der Waals surface area contributed by atoms with Crippen molar-refractivity contribution in [2.45, 2.75) is 30.5 Å². The lowest BCUT2D eigenvalue weighted by atomic mass is 9.99. The number of aromatic nitrogens is 2. The van der Waals surface area contributed by atoms with Gasteiger partial charge in [0.1, 0.15) is 0 Å². The highest BCUT2D eigenvalue weighted by Gasteiger charge is 2.41. The Morgan fingerprint density at radius 3 is 3.00 bits per heavy atom. The third-order valence-electron chi connectivity index (χ3n) is 3.78. The number of nitrogens with zero attached hydrogens (tertiary/aromatic N) is 1. The fourth-order valence-electron chi connectivity index (χ4n) is 2.32. The zero-order valence-corrected chi connectivity index (χ0v) is 11.8. The Hall–Kier alpha value is -1.04. The Labute approximate surface area is 116 Å². The molecule has 1 aliphatic carbocycles. The molecule has 0 bridgehead atoms. The second-order valence-electron chi connectivity index (χ2n) is 5.52. The van der Waals surface area contributed by atoms with E-state index in [1.54, 1.807) is 11.8 Å². The average molecular weight is 277 g/mol. The summed E-state index contributed by atoms with van der Waals surface area (Å²) in [5.41, 5.74) is 9.05. The van der Waals surface area contributed by atoms with E-state index in [0.717, 1.165) is 29.0 Å². The lowest BCUT2D eigenvalue weighted by molar-refractivity contribution is 0.194. The number of fused-ring (bicyclic) bond motifs is 1. The molecular weight excluding hydrogens is 258 g/mol. The van der Waals surface area contributed by atoms with Gasteiger partial charge in [0.15, 0.2) is 5.16 Å². The van der Waals surface area contributed by atoms with Gasteiger partial charge in [-0.2, -0.15) is 0 Å². The Bertz CT molecular complexity index is 593. The first-order valence-corrected chi connectivity index (χ1v) is 7.58. The maximum absolute atomic E-state index is 9.48. The van der Waals surface area contributed by atoms with E-state index in [4.69, 9.17) is 5.73 Å². The SMILES string of the molecule is Cc1ccc2nc(SCC(N)(CO)C3CC3)[nH]c2c1. The summed E-state index contributed by atoms with van der Waals surface area (Å²) in [5.74, 6) is 1.17. The number of hydrogen-bond donors (Lipinski definition) is 3. The Balaban J connectivity index is 1.74. The van der Waals surface area contributed by atoms with Crippen molar-refractivity contribution in [3.63, 3.8) is 0 Å². The normalized spacial score (nSPS) is 18.7. The molecule has 0 aliphatic heterocycles. The number of benzene rings is 1. The second kappa shape index (κ2) is 4.81. The van der Waals surface area contributed by atoms with Crippen molar-refractivity contribution >= 4 is 22.8 Å². The van der Waals surface area contributed by atoms with Crippen molar-refractivity contribution in [3.05, 3.63) is 23.8 Å². The maximum Gasteiger partial charge on any atom is 0.166 e. The second-order valence-corrected chi connectivity index (χ2v) is 6.48. The molecule has 0 amide bonds. The lowest BCUT2D eigenvalue weighted by Gasteiger charge is -2.26. The number of aromatic amines is 1. The molecule has 5 heteroatoms. The van der Waals surface area contributed by atoms with Crippen molar-refractivity contribution in [1.82, 2.24) is 9.97 Å². The number of aryl methyl sites for hydroxylation is 1. The summed E-state index contributed by atoms with van der Waals surface area (Å²) in [6.07, 6.45) is 2.27. The van der Waals surface area contributed by atoms with Gasteiger partial charge in [0, 0.05) is 5.75 Å². The monoisotopic (exact) mass is 277 g/mol. The number of H-pyrrole nitrogens is 1. The summed E-state index contributed by atoms with van der Waals surface area (Å²) >= 11 is 1.60. The molecule has 102 valence electrons. The molecule has 0 saturated heterocycles. The molecule has 1 aliphatic rings. The van der Waals surface area contributed by atoms with Crippen molar-refractivity contribution < 1.29 is 5.11 Å². The van der Waals surface area contributed by atoms with Crippen LogP contribution in [0.25, 0.3) is 11.0 Å². The van der Waals surface area contributed by atoms with Gasteiger partial charge in [0.25, 0.3) is 0 Å². The minimum absolute atomic E-state index is 0.0456. The van der Waals surface area contributed by atoms with Crippen molar-refractivity contribution in [2.24, 2.45) is 11.7 Å². The van der Waals surface area contributed by atoms with E-state index in [2.05, 4.69) is 29.0 Å². The van der Waals surface area contributed by atoms with Crippen LogP contribution in [0.15, 0.2) is 23.4 Å². The zero-order valence-electron chi connectivity index (χ0n) is 11.0. The third-order valence-corrected chi connectivity index (χ3v) is 4.93. The van der Waals surface area contributed by atoms with E-state index >= 15 is 0 Å². The van der Waals surface area contributed by atoms with E-state index in [9.17, 15) is 5.11 Å². The minimum Gasteiger partial charge on any atom is -0.394 e. The van der Waals surface area contributed by atoms with Crippen LogP contribution in [0.4, 0.5) is 0 Å². The molecule has 2 aromatic rings. The lowest BCUT2D eigenvalue weighted by Crippen LogP contribution is -2.48. The fraction of sp³-hybridized carbons (Fsp3) is 0.500. The first-order valence-electron chi connectivity index (χ1n) is 6.60. The summed E-state index contributed by atoms with van der Waals surface area (Å²) in [4.78, 5) is 7.85. The molecule has 1 atom stereocenters. The molecular formula is C14H19N3OS. The standard InChI is InChI=1S/C14H19N3OS/c1-9-2-5-11-12(6-9)17-13(16-11)19-8-14(15,7-18)10-3-4-10/h2,5-6,10,18H,3-4,7-8,15H2,1H3,(H,16,17). The topological polar surface area (TPSA) is 74.9 Å². The van der Waals surface area contributed by atoms with Crippen LogP contribution >= 0.6 is 11.8 Å². The van der Waals surface area contributed by atoms with Gasteiger partial charge in [0.2, 0.25) is 0 Å². The van der Waals surface area contributed by atoms with E-state index < -0.39 is 5.54 Å². The van der Waals surface area contributed by atoms with Crippen LogP contribution in [0, 0.1) is 12.8 Å². The number of nitrogens with one attached hydrogen (secondary N) is 1. The third kappa shape index (κ3) is 2.63. The van der Waals surface area contributed by atoms with Gasteiger partial charge >= 0.3 is 0 Å². The molecule has 3 rings (SSSR count). The predicted octanol–water partition coefficient (Wildman–Crippen LogP) is 2.06. The van der Waals surface area contributed by atoms with E-state index in [1.807, 2.05) is 6.07 Å². The number of aliphatic hydroxyl groups is 1. The molecule has 0 spiro atoms. The predicted molar refractivity (Wildman–Crippen MR) is 78.3 cm³/mol. The van der Waals surface area contributed by atoms with Crippen LogP contribution in [-0.4, -0.2) is 33.0 Å². The number of imidazole rings is 1. The van der Waals surface area contributed by atoms with Crippen molar-refractivity contribution in [2.75, 3.05) is 12.4 Å². The Morgan fingerprint density at radius 1 is 1.53 bits per heavy atom. The van der Waals surface area contributed by atoms with E-state index in [-0.39, 0.29) is 6.61 Å². The molecule has 0 radical (unpaired) electrons. The summed E-state index contributed by atoms with van der Waals surface area (Å²) in [6, 6.07) is 6.17. The number of thioether (sulfide) groups is 1. The largest absolute Gasteiger partial charge is 0.394 e. The summed E-state index contributed by atoms with van der Waals surface area (Å²) < 4.78 is 0. The molecule has 4 N–H and O–H groups in total. The molecule has 1 saturated carbocycles. The number of aliphatic hydroxyl groups excluding tert-OH is 1. The molecule has 4 nitrogen and oxygen atoms in total. The molecule has 1 unspecified atom stereocenters. The molecule has 19 heavy (non-hydrogen) atoms. The summed E-state index contributed by atoms with van der Waals surface area (Å²) in [5, 5.41) is 10.4. The molecule has 1 heterocycles. The fourth-order valence-corrected chi connectivity index (χ4v) is 3.40. The first-order chi connectivity index (χ1) is 9.10. The van der Waals surface area contributed by atoms with Crippen molar-refractivity contribution in [1.29, 1.82) is 0 Å². The van der Waals surface area contributed by atoms with Crippen LogP contribution in [-0.2, 0) is 0 Å². The van der Waals surface area contributed by atoms with E-state index in [0.29, 0.717) is 11.7 Å². The van der Waals surface area contributed by atoms with Crippen molar-refractivity contribution in [3.8, 4) is 0 Å². The maximum atomic E-state index is 9.48. The van der Waals surface area contributed by atoms with Crippen LogP contribution in [0.2, 0.25) is 0 Å². The Morgan fingerprint density at radius 2 is 2.32 bits per heavy atom. The number of nitrogens with two attached hydrogens (primary N) is 1. The smallest absolute Gasteiger partial charge is 0.166 e. The highest BCUT2D eigenvalue weighted by molar-refractivity contribution is 7.99. The van der Waals surface area contributed by atoms with Crippen LogP contribution < -0.4 is 5.73 Å². The first kappa shape index (κ1) is 13.0. The van der Waals surface area contributed by atoms with Gasteiger partial charge in [-0.05, 0) is 43.4 Å². The van der Waals surface area contributed by atoms with Crippen LogP contribution in [0.5, 0.6) is 0 Å². The van der Waals surface area contributed by atoms with Gasteiger partial charge < -0.3 is 15.8 Å². The number of hydrogen-bond acceptors (Lipinski definition) is 4. The van der Waals surface area contributed by atoms with Gasteiger partial charge in [-0.25, -0.2) is 4.98 Å². The summed E-state index contributed by atoms with van der Waals surface area (Å²) in [6.45, 7) is 2.11. The average Bonchev–Trinajstić information content (AvgIpc) is 3.17. The van der Waals surface area contributed by atoms with Crippen LogP contribution in [0.1, 0.15) is 18.4 Å². The van der Waals surface area contributed by atoms with Crippen LogP contribution in [0.3, 0.4) is 0 Å². The van der Waals surface area contributed by atoms with Gasteiger partial charge in [-0.15, -0.1) is 0 Å². The molecule has 1 fully saturated rings. The highest BCUT2D eigenvalue weighted by Crippen LogP contribution is 2.40.